The highest BCUT2D eigenvalue weighted by Gasteiger charge is 2.12. The third kappa shape index (κ3) is 2.50. The molecule has 1 rings (SSSR count). The quantitative estimate of drug-likeness (QED) is 0.693. The van der Waals surface area contributed by atoms with Gasteiger partial charge in [-0.05, 0) is 25.0 Å². The number of aromatic nitrogens is 1. The first-order chi connectivity index (χ1) is 6.50. The molecule has 1 aromatic rings. The standard InChI is InChI=1S/C9H11FN2O2/c1-5-2-6(4-12-8(5)10)3-7(11)9(13)14/h2,4,7H,3,11H2,1H3,(H,13,14). The smallest absolute Gasteiger partial charge is 0.320 e. The summed E-state index contributed by atoms with van der Waals surface area (Å²) in [5.74, 6) is -1.62. The van der Waals surface area contributed by atoms with E-state index in [1.807, 2.05) is 0 Å². The van der Waals surface area contributed by atoms with Crippen LogP contribution in [0.3, 0.4) is 0 Å². The summed E-state index contributed by atoms with van der Waals surface area (Å²) in [7, 11) is 0. The number of carboxylic acid groups (broad SMARTS) is 1. The molecule has 1 heterocycles. The van der Waals surface area contributed by atoms with Gasteiger partial charge in [-0.25, -0.2) is 4.98 Å². The summed E-state index contributed by atoms with van der Waals surface area (Å²) in [6, 6.07) is 0.576. The van der Waals surface area contributed by atoms with Gasteiger partial charge in [0.2, 0.25) is 5.95 Å². The van der Waals surface area contributed by atoms with Crippen molar-refractivity contribution in [2.75, 3.05) is 0 Å². The second kappa shape index (κ2) is 4.15. The van der Waals surface area contributed by atoms with Gasteiger partial charge in [0.05, 0.1) is 0 Å². The van der Waals surface area contributed by atoms with E-state index in [0.29, 0.717) is 11.1 Å². The van der Waals surface area contributed by atoms with Crippen LogP contribution in [0.4, 0.5) is 4.39 Å². The number of nitrogens with zero attached hydrogens (tertiary/aromatic N) is 1. The van der Waals surface area contributed by atoms with E-state index in [9.17, 15) is 9.18 Å². The largest absolute Gasteiger partial charge is 0.480 e. The summed E-state index contributed by atoms with van der Waals surface area (Å²) in [6.07, 6.45) is 1.45. The number of carboxylic acids is 1. The first kappa shape index (κ1) is 10.6. The Hall–Kier alpha value is -1.49. The minimum absolute atomic E-state index is 0.156. The molecule has 1 atom stereocenters. The monoisotopic (exact) mass is 198 g/mol. The van der Waals surface area contributed by atoms with Crippen molar-refractivity contribution in [2.24, 2.45) is 5.73 Å². The summed E-state index contributed by atoms with van der Waals surface area (Å²) >= 11 is 0. The Morgan fingerprint density at radius 2 is 2.43 bits per heavy atom. The molecule has 0 aliphatic heterocycles. The molecule has 0 aliphatic carbocycles. The number of aryl methyl sites for hydroxylation is 1. The average Bonchev–Trinajstić information content (AvgIpc) is 2.11. The fourth-order valence-corrected chi connectivity index (χ4v) is 1.07. The first-order valence-corrected chi connectivity index (χ1v) is 4.10. The van der Waals surface area contributed by atoms with Gasteiger partial charge in [-0.3, -0.25) is 4.79 Å². The van der Waals surface area contributed by atoms with Crippen LogP contribution in [0.2, 0.25) is 0 Å². The molecule has 0 saturated heterocycles. The molecule has 3 N–H and O–H groups in total. The van der Waals surface area contributed by atoms with E-state index < -0.39 is 18.0 Å². The van der Waals surface area contributed by atoms with Crippen molar-refractivity contribution < 1.29 is 14.3 Å². The fraction of sp³-hybridized carbons (Fsp3) is 0.333. The summed E-state index contributed by atoms with van der Waals surface area (Å²) < 4.78 is 12.7. The third-order valence-corrected chi connectivity index (χ3v) is 1.84. The Morgan fingerprint density at radius 1 is 1.79 bits per heavy atom. The minimum atomic E-state index is -1.08. The van der Waals surface area contributed by atoms with Gasteiger partial charge < -0.3 is 10.8 Å². The summed E-state index contributed by atoms with van der Waals surface area (Å²) in [4.78, 5) is 13.9. The first-order valence-electron chi connectivity index (χ1n) is 4.10. The fourth-order valence-electron chi connectivity index (χ4n) is 1.07. The van der Waals surface area contributed by atoms with E-state index in [1.54, 1.807) is 13.0 Å². The Morgan fingerprint density at radius 3 is 2.93 bits per heavy atom. The van der Waals surface area contributed by atoms with Crippen LogP contribution >= 0.6 is 0 Å². The van der Waals surface area contributed by atoms with E-state index in [0.717, 1.165) is 0 Å². The predicted molar refractivity (Wildman–Crippen MR) is 48.2 cm³/mol. The van der Waals surface area contributed by atoms with Gasteiger partial charge in [-0.15, -0.1) is 0 Å². The molecule has 76 valence electrons. The lowest BCUT2D eigenvalue weighted by molar-refractivity contribution is -0.138. The van der Waals surface area contributed by atoms with Crippen LogP contribution in [-0.4, -0.2) is 22.1 Å². The molecular weight excluding hydrogens is 187 g/mol. The lowest BCUT2D eigenvalue weighted by Gasteiger charge is -2.06. The molecule has 5 heteroatoms. The van der Waals surface area contributed by atoms with E-state index in [4.69, 9.17) is 10.8 Å². The Bertz CT molecular complexity index is 355. The van der Waals surface area contributed by atoms with Crippen molar-refractivity contribution in [1.29, 1.82) is 0 Å². The minimum Gasteiger partial charge on any atom is -0.480 e. The van der Waals surface area contributed by atoms with Crippen molar-refractivity contribution in [3.05, 3.63) is 29.3 Å². The van der Waals surface area contributed by atoms with Crippen molar-refractivity contribution in [1.82, 2.24) is 4.98 Å². The highest BCUT2D eigenvalue weighted by atomic mass is 19.1. The van der Waals surface area contributed by atoms with Crippen LogP contribution in [-0.2, 0) is 11.2 Å². The van der Waals surface area contributed by atoms with Crippen LogP contribution in [0.25, 0.3) is 0 Å². The van der Waals surface area contributed by atoms with Gasteiger partial charge in [0.25, 0.3) is 0 Å². The van der Waals surface area contributed by atoms with Crippen LogP contribution in [0, 0.1) is 12.9 Å². The van der Waals surface area contributed by atoms with E-state index >= 15 is 0 Å². The highest BCUT2D eigenvalue weighted by molar-refractivity contribution is 5.73. The Balaban J connectivity index is 2.78. The van der Waals surface area contributed by atoms with Crippen molar-refractivity contribution in [3.8, 4) is 0 Å². The second-order valence-corrected chi connectivity index (χ2v) is 3.10. The summed E-state index contributed by atoms with van der Waals surface area (Å²) in [6.45, 7) is 1.57. The van der Waals surface area contributed by atoms with Crippen molar-refractivity contribution in [2.45, 2.75) is 19.4 Å². The van der Waals surface area contributed by atoms with Crippen LogP contribution in [0.5, 0.6) is 0 Å². The van der Waals surface area contributed by atoms with Gasteiger partial charge in [-0.1, -0.05) is 0 Å². The normalized spacial score (nSPS) is 12.5. The molecule has 0 bridgehead atoms. The molecule has 0 aliphatic rings. The molecule has 0 amide bonds. The van der Waals surface area contributed by atoms with Gasteiger partial charge in [0.15, 0.2) is 0 Å². The second-order valence-electron chi connectivity index (χ2n) is 3.10. The van der Waals surface area contributed by atoms with E-state index in [2.05, 4.69) is 4.98 Å². The Labute approximate surface area is 80.6 Å². The van der Waals surface area contributed by atoms with Gasteiger partial charge >= 0.3 is 5.97 Å². The zero-order chi connectivity index (χ0) is 10.7. The average molecular weight is 198 g/mol. The molecule has 0 fully saturated rings. The topological polar surface area (TPSA) is 76.2 Å². The maximum atomic E-state index is 12.7. The van der Waals surface area contributed by atoms with E-state index in [1.165, 1.54) is 6.20 Å². The zero-order valence-electron chi connectivity index (χ0n) is 7.70. The molecule has 4 nitrogen and oxygen atoms in total. The van der Waals surface area contributed by atoms with Crippen molar-refractivity contribution >= 4 is 5.97 Å². The number of carbonyl (C=O) groups is 1. The number of rotatable bonds is 3. The number of aliphatic carboxylic acids is 1. The molecule has 14 heavy (non-hydrogen) atoms. The predicted octanol–water partition coefficient (Wildman–Crippen LogP) is 0.484. The van der Waals surface area contributed by atoms with Gasteiger partial charge in [0.1, 0.15) is 6.04 Å². The number of pyridine rings is 1. The van der Waals surface area contributed by atoms with Crippen LogP contribution in [0.15, 0.2) is 12.3 Å². The maximum absolute atomic E-state index is 12.7. The van der Waals surface area contributed by atoms with Gasteiger partial charge in [0, 0.05) is 11.8 Å². The number of hydrogen-bond donors (Lipinski definition) is 2. The molecule has 1 aromatic heterocycles. The van der Waals surface area contributed by atoms with Crippen LogP contribution < -0.4 is 5.73 Å². The molecule has 0 saturated carbocycles. The summed E-state index contributed by atoms with van der Waals surface area (Å²) in [5, 5.41) is 8.55. The molecule has 0 aromatic carbocycles. The molecular formula is C9H11FN2O2. The maximum Gasteiger partial charge on any atom is 0.320 e. The van der Waals surface area contributed by atoms with Gasteiger partial charge in [-0.2, -0.15) is 4.39 Å². The molecule has 1 unspecified atom stereocenters. The van der Waals surface area contributed by atoms with Crippen molar-refractivity contribution in [3.63, 3.8) is 0 Å². The molecule has 0 radical (unpaired) electrons. The number of halogens is 1. The zero-order valence-corrected chi connectivity index (χ0v) is 7.70. The SMILES string of the molecule is Cc1cc(CC(N)C(=O)O)cnc1F. The highest BCUT2D eigenvalue weighted by Crippen LogP contribution is 2.07. The summed E-state index contributed by atoms with van der Waals surface area (Å²) in [5.41, 5.74) is 6.33. The van der Waals surface area contributed by atoms with Crippen LogP contribution in [0.1, 0.15) is 11.1 Å². The third-order valence-electron chi connectivity index (χ3n) is 1.84. The Kier molecular flexibility index (Phi) is 3.14. The lowest BCUT2D eigenvalue weighted by Crippen LogP contribution is -2.32. The number of hydrogen-bond acceptors (Lipinski definition) is 3. The lowest BCUT2D eigenvalue weighted by atomic mass is 10.1. The number of nitrogens with two attached hydrogens (primary N) is 1. The molecule has 0 spiro atoms. The van der Waals surface area contributed by atoms with E-state index in [-0.39, 0.29) is 6.42 Å².